The zero-order chi connectivity index (χ0) is 13.1. The molecule has 2 aromatic heterocycles. The van der Waals surface area contributed by atoms with E-state index in [1.165, 1.54) is 22.0 Å². The predicted octanol–water partition coefficient (Wildman–Crippen LogP) is 2.74. The van der Waals surface area contributed by atoms with Crippen LogP contribution in [0.1, 0.15) is 11.1 Å². The number of nitrogens with zero attached hydrogens (tertiary/aromatic N) is 2. The summed E-state index contributed by atoms with van der Waals surface area (Å²) in [5, 5.41) is 1.26. The molecule has 3 aromatic rings. The molecule has 0 unspecified atom stereocenters. The van der Waals surface area contributed by atoms with E-state index < -0.39 is 0 Å². The maximum atomic E-state index is 5.67. The molecule has 3 nitrogen and oxygen atoms in total. The lowest BCUT2D eigenvalue weighted by atomic mass is 10.1. The fourth-order valence-electron chi connectivity index (χ4n) is 2.37. The van der Waals surface area contributed by atoms with Crippen molar-refractivity contribution in [1.82, 2.24) is 9.55 Å². The van der Waals surface area contributed by atoms with Gasteiger partial charge in [-0.2, -0.15) is 0 Å². The largest absolute Gasteiger partial charge is 0.347 e. The van der Waals surface area contributed by atoms with Gasteiger partial charge in [0, 0.05) is 37.2 Å². The third kappa shape index (κ3) is 2.51. The molecule has 1 aromatic carbocycles. The monoisotopic (exact) mass is 251 g/mol. The van der Waals surface area contributed by atoms with E-state index in [1.807, 2.05) is 12.4 Å². The molecule has 0 saturated carbocycles. The Morgan fingerprint density at radius 3 is 2.63 bits per heavy atom. The van der Waals surface area contributed by atoms with Crippen molar-refractivity contribution in [3.8, 4) is 0 Å². The quantitative estimate of drug-likeness (QED) is 0.775. The van der Waals surface area contributed by atoms with Crippen LogP contribution in [0.4, 0.5) is 0 Å². The van der Waals surface area contributed by atoms with E-state index in [-0.39, 0.29) is 0 Å². The van der Waals surface area contributed by atoms with Crippen LogP contribution in [0, 0.1) is 0 Å². The number of aryl methyl sites for hydroxylation is 2. The second-order valence-electron chi connectivity index (χ2n) is 4.71. The van der Waals surface area contributed by atoms with Crippen molar-refractivity contribution >= 4 is 10.9 Å². The number of aromatic nitrogens is 2. The Bertz CT molecular complexity index is 671. The van der Waals surface area contributed by atoms with E-state index in [0.717, 1.165) is 13.0 Å². The Balaban J connectivity index is 1.82. The SMILES string of the molecule is NCc1ccc2c(ccn2CCc2ccncc2)c1. The molecule has 3 heteroatoms. The van der Waals surface area contributed by atoms with Gasteiger partial charge >= 0.3 is 0 Å². The summed E-state index contributed by atoms with van der Waals surface area (Å²) in [4.78, 5) is 4.04. The number of nitrogens with two attached hydrogens (primary N) is 1. The standard InChI is InChI=1S/C16H17N3/c17-12-14-1-2-16-15(11-14)6-10-19(16)9-5-13-3-7-18-8-4-13/h1-4,6-8,10-11H,5,9,12,17H2. The summed E-state index contributed by atoms with van der Waals surface area (Å²) in [6, 6.07) is 12.7. The van der Waals surface area contributed by atoms with Crippen molar-refractivity contribution in [2.45, 2.75) is 19.5 Å². The van der Waals surface area contributed by atoms with Gasteiger partial charge in [-0.1, -0.05) is 6.07 Å². The number of pyridine rings is 1. The summed E-state index contributed by atoms with van der Waals surface area (Å²) in [7, 11) is 0. The first-order valence-corrected chi connectivity index (χ1v) is 6.53. The maximum absolute atomic E-state index is 5.67. The molecular formula is C16H17N3. The topological polar surface area (TPSA) is 43.8 Å². The Labute approximate surface area is 112 Å². The highest BCUT2D eigenvalue weighted by atomic mass is 14.9. The van der Waals surface area contributed by atoms with Crippen molar-refractivity contribution < 1.29 is 0 Å². The first-order valence-electron chi connectivity index (χ1n) is 6.53. The Morgan fingerprint density at radius 1 is 1.00 bits per heavy atom. The first-order chi connectivity index (χ1) is 9.36. The predicted molar refractivity (Wildman–Crippen MR) is 77.8 cm³/mol. The minimum Gasteiger partial charge on any atom is -0.347 e. The minimum absolute atomic E-state index is 0.595. The molecule has 0 aliphatic carbocycles. The molecule has 2 N–H and O–H groups in total. The highest BCUT2D eigenvalue weighted by molar-refractivity contribution is 5.80. The Hall–Kier alpha value is -2.13. The number of fused-ring (bicyclic) bond motifs is 1. The first kappa shape index (κ1) is 11.9. The Kier molecular flexibility index (Phi) is 3.29. The fraction of sp³-hybridized carbons (Fsp3) is 0.188. The van der Waals surface area contributed by atoms with Crippen LogP contribution < -0.4 is 5.73 Å². The maximum Gasteiger partial charge on any atom is 0.0480 e. The highest BCUT2D eigenvalue weighted by Gasteiger charge is 2.02. The van der Waals surface area contributed by atoms with E-state index in [9.17, 15) is 0 Å². The van der Waals surface area contributed by atoms with Crippen molar-refractivity contribution in [3.05, 3.63) is 66.1 Å². The van der Waals surface area contributed by atoms with Crippen molar-refractivity contribution in [3.63, 3.8) is 0 Å². The van der Waals surface area contributed by atoms with Crippen LogP contribution >= 0.6 is 0 Å². The van der Waals surface area contributed by atoms with Crippen molar-refractivity contribution in [2.75, 3.05) is 0 Å². The van der Waals surface area contributed by atoms with Gasteiger partial charge in [0.1, 0.15) is 0 Å². The molecule has 0 radical (unpaired) electrons. The van der Waals surface area contributed by atoms with Gasteiger partial charge in [0.15, 0.2) is 0 Å². The second-order valence-corrected chi connectivity index (χ2v) is 4.71. The number of rotatable bonds is 4. The van der Waals surface area contributed by atoms with Crippen molar-refractivity contribution in [2.24, 2.45) is 5.73 Å². The van der Waals surface area contributed by atoms with Gasteiger partial charge in [-0.05, 0) is 53.3 Å². The zero-order valence-corrected chi connectivity index (χ0v) is 10.8. The summed E-state index contributed by atoms with van der Waals surface area (Å²) in [5.74, 6) is 0. The van der Waals surface area contributed by atoms with E-state index >= 15 is 0 Å². The van der Waals surface area contributed by atoms with Gasteiger partial charge in [0.2, 0.25) is 0 Å². The van der Waals surface area contributed by atoms with Gasteiger partial charge in [-0.3, -0.25) is 4.98 Å². The minimum atomic E-state index is 0.595. The van der Waals surface area contributed by atoms with E-state index in [0.29, 0.717) is 6.54 Å². The summed E-state index contributed by atoms with van der Waals surface area (Å²) in [5.41, 5.74) is 9.43. The molecule has 0 spiro atoms. The summed E-state index contributed by atoms with van der Waals surface area (Å²) >= 11 is 0. The molecule has 0 atom stereocenters. The summed E-state index contributed by atoms with van der Waals surface area (Å²) < 4.78 is 2.29. The third-order valence-electron chi connectivity index (χ3n) is 3.46. The average Bonchev–Trinajstić information content (AvgIpc) is 2.88. The molecule has 0 amide bonds. The molecule has 0 aliphatic rings. The average molecular weight is 251 g/mol. The lowest BCUT2D eigenvalue weighted by Crippen LogP contribution is -2.00. The molecule has 0 bridgehead atoms. The van der Waals surface area contributed by atoms with Crippen LogP contribution in [0.3, 0.4) is 0 Å². The van der Waals surface area contributed by atoms with Crippen LogP contribution in [-0.2, 0) is 19.5 Å². The van der Waals surface area contributed by atoms with Crippen molar-refractivity contribution in [1.29, 1.82) is 0 Å². The van der Waals surface area contributed by atoms with Crippen LogP contribution in [0.5, 0.6) is 0 Å². The van der Waals surface area contributed by atoms with E-state index in [4.69, 9.17) is 5.73 Å². The molecule has 96 valence electrons. The number of hydrogen-bond donors (Lipinski definition) is 1. The smallest absolute Gasteiger partial charge is 0.0480 e. The molecule has 19 heavy (non-hydrogen) atoms. The van der Waals surface area contributed by atoms with Crippen LogP contribution in [0.2, 0.25) is 0 Å². The van der Waals surface area contributed by atoms with Crippen LogP contribution in [-0.4, -0.2) is 9.55 Å². The van der Waals surface area contributed by atoms with E-state index in [1.54, 1.807) is 0 Å². The molecule has 0 aliphatic heterocycles. The van der Waals surface area contributed by atoms with Crippen LogP contribution in [0.25, 0.3) is 10.9 Å². The van der Waals surface area contributed by atoms with Gasteiger partial charge in [-0.25, -0.2) is 0 Å². The van der Waals surface area contributed by atoms with Gasteiger partial charge in [0.05, 0.1) is 0 Å². The van der Waals surface area contributed by atoms with Gasteiger partial charge in [0.25, 0.3) is 0 Å². The lowest BCUT2D eigenvalue weighted by Gasteiger charge is -2.06. The zero-order valence-electron chi connectivity index (χ0n) is 10.8. The van der Waals surface area contributed by atoms with E-state index in [2.05, 4.69) is 52.1 Å². The number of hydrogen-bond acceptors (Lipinski definition) is 2. The van der Waals surface area contributed by atoms with Crippen LogP contribution in [0.15, 0.2) is 55.0 Å². The highest BCUT2D eigenvalue weighted by Crippen LogP contribution is 2.18. The Morgan fingerprint density at radius 2 is 1.84 bits per heavy atom. The fourth-order valence-corrected chi connectivity index (χ4v) is 2.37. The summed E-state index contributed by atoms with van der Waals surface area (Å²) in [6.45, 7) is 1.58. The van der Waals surface area contributed by atoms with Gasteiger partial charge in [-0.15, -0.1) is 0 Å². The summed E-state index contributed by atoms with van der Waals surface area (Å²) in [6.07, 6.45) is 6.85. The lowest BCUT2D eigenvalue weighted by molar-refractivity contribution is 0.722. The normalized spacial score (nSPS) is 11.0. The number of benzene rings is 1. The third-order valence-corrected chi connectivity index (χ3v) is 3.46. The van der Waals surface area contributed by atoms with Gasteiger partial charge < -0.3 is 10.3 Å². The molecule has 3 rings (SSSR count). The second kappa shape index (κ2) is 5.24. The molecule has 2 heterocycles. The molecule has 0 saturated heterocycles. The molecular weight excluding hydrogens is 234 g/mol. The molecule has 0 fully saturated rings.